The molecular weight excluding hydrogens is 406 g/mol. The summed E-state index contributed by atoms with van der Waals surface area (Å²) in [6.45, 7) is 9.70. The normalized spacial score (nSPS) is 14.9. The van der Waals surface area contributed by atoms with Crippen LogP contribution in [-0.2, 0) is 28.8 Å². The fraction of sp³-hybridized carbons (Fsp3) is 0.560. The highest BCUT2D eigenvalue weighted by Gasteiger charge is 2.42. The van der Waals surface area contributed by atoms with E-state index in [9.17, 15) is 14.7 Å². The Morgan fingerprint density at radius 3 is 2.59 bits per heavy atom. The zero-order valence-corrected chi connectivity index (χ0v) is 19.8. The number of carbonyl (C=O) groups is 2. The summed E-state index contributed by atoms with van der Waals surface area (Å²) < 4.78 is 7.36. The Balaban J connectivity index is 1.74. The smallest absolute Gasteiger partial charge is 0.407 e. The third-order valence-corrected chi connectivity index (χ3v) is 6.32. The summed E-state index contributed by atoms with van der Waals surface area (Å²) in [5.41, 5.74) is 2.84. The van der Waals surface area contributed by atoms with E-state index in [4.69, 9.17) is 4.74 Å². The van der Waals surface area contributed by atoms with E-state index in [-0.39, 0.29) is 5.92 Å². The predicted octanol–water partition coefficient (Wildman–Crippen LogP) is 4.55. The topological polar surface area (TPSA) is 93.5 Å². The van der Waals surface area contributed by atoms with Gasteiger partial charge >= 0.3 is 12.1 Å². The minimum absolute atomic E-state index is 0.0882. The van der Waals surface area contributed by atoms with Crippen LogP contribution >= 0.6 is 0 Å². The van der Waals surface area contributed by atoms with Gasteiger partial charge in [-0.05, 0) is 64.0 Å². The standard InChI is InChI=1S/C25H35N3O4/c1-17(2)25(22(29)30,13-8-14-26-23(31)32-24(3,4)5)15-19-21-12-11-18-9-6-7-10-20(18)28(21)16-27-19/h6-7,9-10,16-17H,8,11-15H2,1-5H3,(H,26,31)(H,29,30)/t25-/m0/s1. The van der Waals surface area contributed by atoms with E-state index in [2.05, 4.69) is 27.0 Å². The molecule has 1 atom stereocenters. The summed E-state index contributed by atoms with van der Waals surface area (Å²) in [5, 5.41) is 13.0. The van der Waals surface area contributed by atoms with Crippen molar-refractivity contribution in [2.75, 3.05) is 6.54 Å². The molecule has 1 aliphatic heterocycles. The summed E-state index contributed by atoms with van der Waals surface area (Å²) in [5.74, 6) is -0.905. The predicted molar refractivity (Wildman–Crippen MR) is 123 cm³/mol. The number of amides is 1. The third kappa shape index (κ3) is 5.14. The van der Waals surface area contributed by atoms with Crippen molar-refractivity contribution in [2.45, 2.75) is 72.3 Å². The van der Waals surface area contributed by atoms with Crippen LogP contribution in [0.2, 0.25) is 0 Å². The molecule has 1 aliphatic rings. The number of para-hydroxylation sites is 1. The lowest BCUT2D eigenvalue weighted by molar-refractivity contribution is -0.152. The summed E-state index contributed by atoms with van der Waals surface area (Å²) in [6.07, 6.45) is 4.47. The number of carboxylic acids is 1. The zero-order chi connectivity index (χ0) is 23.5. The van der Waals surface area contributed by atoms with Crippen LogP contribution in [0.3, 0.4) is 0 Å². The van der Waals surface area contributed by atoms with Gasteiger partial charge in [0.1, 0.15) is 5.60 Å². The van der Waals surface area contributed by atoms with Crippen LogP contribution < -0.4 is 5.32 Å². The molecule has 0 bridgehead atoms. The first kappa shape index (κ1) is 23.8. The average Bonchev–Trinajstić information content (AvgIpc) is 3.11. The van der Waals surface area contributed by atoms with Crippen LogP contribution in [0.5, 0.6) is 0 Å². The molecule has 0 aliphatic carbocycles. The number of aliphatic carboxylic acids is 1. The third-order valence-electron chi connectivity index (χ3n) is 6.32. The van der Waals surface area contributed by atoms with E-state index in [0.717, 1.165) is 29.9 Å². The number of ether oxygens (including phenoxy) is 1. The minimum atomic E-state index is -0.956. The SMILES string of the molecule is CC(C)[C@](CCCNC(=O)OC(C)(C)C)(Cc1ncn2c1CCc1ccccc1-2)C(=O)O. The number of carboxylic acid groups (broad SMARTS) is 1. The van der Waals surface area contributed by atoms with Crippen LogP contribution in [0.15, 0.2) is 30.6 Å². The molecule has 0 spiro atoms. The number of nitrogens with one attached hydrogen (secondary N) is 1. The summed E-state index contributed by atoms with van der Waals surface area (Å²) in [4.78, 5) is 29.1. The van der Waals surface area contributed by atoms with E-state index in [1.54, 1.807) is 0 Å². The summed E-state index contributed by atoms with van der Waals surface area (Å²) in [7, 11) is 0. The van der Waals surface area contributed by atoms with E-state index >= 15 is 0 Å². The van der Waals surface area contributed by atoms with Crippen molar-refractivity contribution in [1.29, 1.82) is 0 Å². The molecule has 7 heteroatoms. The zero-order valence-electron chi connectivity index (χ0n) is 19.8. The lowest BCUT2D eigenvalue weighted by Crippen LogP contribution is -2.40. The maximum absolute atomic E-state index is 12.5. The van der Waals surface area contributed by atoms with Gasteiger partial charge in [-0.2, -0.15) is 0 Å². The lowest BCUT2D eigenvalue weighted by atomic mass is 9.70. The second-order valence-electron chi connectivity index (χ2n) is 9.96. The molecule has 1 aromatic carbocycles. The van der Waals surface area contributed by atoms with Gasteiger partial charge in [-0.15, -0.1) is 0 Å². The number of aryl methyl sites for hydroxylation is 1. The number of carbonyl (C=O) groups excluding carboxylic acids is 1. The Kier molecular flexibility index (Phi) is 6.96. The van der Waals surface area contributed by atoms with E-state index in [1.807, 2.05) is 53.1 Å². The highest BCUT2D eigenvalue weighted by Crippen LogP contribution is 2.39. The largest absolute Gasteiger partial charge is 0.481 e. The lowest BCUT2D eigenvalue weighted by Gasteiger charge is -2.34. The van der Waals surface area contributed by atoms with Gasteiger partial charge in [-0.25, -0.2) is 9.78 Å². The van der Waals surface area contributed by atoms with Gasteiger partial charge < -0.3 is 19.7 Å². The Labute approximate surface area is 190 Å². The fourth-order valence-electron chi connectivity index (χ4n) is 4.46. The summed E-state index contributed by atoms with van der Waals surface area (Å²) in [6, 6.07) is 8.27. The number of imidazole rings is 1. The molecule has 0 fully saturated rings. The molecule has 0 saturated carbocycles. The van der Waals surface area contributed by atoms with E-state index < -0.39 is 23.1 Å². The Bertz CT molecular complexity index is 974. The highest BCUT2D eigenvalue weighted by atomic mass is 16.6. The maximum atomic E-state index is 12.5. The Hall–Kier alpha value is -2.83. The maximum Gasteiger partial charge on any atom is 0.407 e. The molecule has 174 valence electrons. The first-order valence-corrected chi connectivity index (χ1v) is 11.4. The van der Waals surface area contributed by atoms with Gasteiger partial charge in [-0.3, -0.25) is 4.79 Å². The fourth-order valence-corrected chi connectivity index (χ4v) is 4.46. The molecule has 1 aromatic heterocycles. The van der Waals surface area contributed by atoms with Crippen LogP contribution in [0, 0.1) is 11.3 Å². The number of aromatic nitrogens is 2. The van der Waals surface area contributed by atoms with Crippen molar-refractivity contribution < 1.29 is 19.4 Å². The van der Waals surface area contributed by atoms with Gasteiger partial charge in [-0.1, -0.05) is 32.0 Å². The molecule has 2 N–H and O–H groups in total. The average molecular weight is 442 g/mol. The molecule has 2 heterocycles. The number of alkyl carbamates (subject to hydrolysis) is 1. The van der Waals surface area contributed by atoms with Crippen LogP contribution in [0.4, 0.5) is 4.79 Å². The number of benzene rings is 1. The molecule has 0 saturated heterocycles. The Morgan fingerprint density at radius 2 is 1.94 bits per heavy atom. The van der Waals surface area contributed by atoms with E-state index in [1.165, 1.54) is 5.56 Å². The van der Waals surface area contributed by atoms with Crippen molar-refractivity contribution in [3.63, 3.8) is 0 Å². The molecule has 2 aromatic rings. The first-order chi connectivity index (χ1) is 15.0. The number of nitrogens with zero attached hydrogens (tertiary/aromatic N) is 2. The van der Waals surface area contributed by atoms with Gasteiger partial charge in [0.25, 0.3) is 0 Å². The summed E-state index contributed by atoms with van der Waals surface area (Å²) >= 11 is 0. The molecular formula is C25H35N3O4. The molecule has 0 unspecified atom stereocenters. The highest BCUT2D eigenvalue weighted by molar-refractivity contribution is 5.75. The molecule has 7 nitrogen and oxygen atoms in total. The van der Waals surface area contributed by atoms with E-state index in [0.29, 0.717) is 25.8 Å². The number of hydrogen-bond acceptors (Lipinski definition) is 4. The van der Waals surface area contributed by atoms with Crippen molar-refractivity contribution in [2.24, 2.45) is 11.3 Å². The second-order valence-corrected chi connectivity index (χ2v) is 9.96. The molecule has 1 amide bonds. The Morgan fingerprint density at radius 1 is 1.22 bits per heavy atom. The van der Waals surface area contributed by atoms with Crippen molar-refractivity contribution in [3.05, 3.63) is 47.5 Å². The van der Waals surface area contributed by atoms with Gasteiger partial charge in [0.15, 0.2) is 0 Å². The van der Waals surface area contributed by atoms with Crippen molar-refractivity contribution in [1.82, 2.24) is 14.9 Å². The van der Waals surface area contributed by atoms with Crippen molar-refractivity contribution in [3.8, 4) is 5.69 Å². The second kappa shape index (κ2) is 9.35. The molecule has 0 radical (unpaired) electrons. The first-order valence-electron chi connectivity index (χ1n) is 11.4. The van der Waals surface area contributed by atoms with Crippen LogP contribution in [0.25, 0.3) is 5.69 Å². The molecule has 3 rings (SSSR count). The van der Waals surface area contributed by atoms with Crippen LogP contribution in [-0.4, -0.2) is 38.9 Å². The van der Waals surface area contributed by atoms with Gasteiger partial charge in [0.2, 0.25) is 0 Å². The number of hydrogen-bond donors (Lipinski definition) is 2. The quantitative estimate of drug-likeness (QED) is 0.587. The minimum Gasteiger partial charge on any atom is -0.481 e. The van der Waals surface area contributed by atoms with Gasteiger partial charge in [0, 0.05) is 24.3 Å². The van der Waals surface area contributed by atoms with Crippen molar-refractivity contribution >= 4 is 12.1 Å². The van der Waals surface area contributed by atoms with Gasteiger partial charge in [0.05, 0.1) is 17.4 Å². The number of rotatable bonds is 8. The number of fused-ring (bicyclic) bond motifs is 3. The van der Waals surface area contributed by atoms with Crippen LogP contribution in [0.1, 0.15) is 64.4 Å². The molecule has 32 heavy (non-hydrogen) atoms. The monoisotopic (exact) mass is 441 g/mol.